The van der Waals surface area contributed by atoms with Gasteiger partial charge in [-0.05, 0) is 32.7 Å². The Bertz CT molecular complexity index is 346. The van der Waals surface area contributed by atoms with Crippen LogP contribution in [-0.4, -0.2) is 18.6 Å². The summed E-state index contributed by atoms with van der Waals surface area (Å²) in [5.41, 5.74) is 9.07. The minimum atomic E-state index is 0.513. The molecule has 3 heteroatoms. The maximum absolute atomic E-state index is 5.72. The molecule has 1 rings (SSSR count). The van der Waals surface area contributed by atoms with Gasteiger partial charge >= 0.3 is 0 Å². The fraction of sp³-hybridized carbons (Fsp3) is 0.615. The molecule has 0 aliphatic heterocycles. The molecule has 16 heavy (non-hydrogen) atoms. The van der Waals surface area contributed by atoms with Crippen LogP contribution in [0.5, 0.6) is 5.75 Å². The molecule has 0 aromatic carbocycles. The summed E-state index contributed by atoms with van der Waals surface area (Å²) in [7, 11) is 1.71. The average molecular weight is 222 g/mol. The van der Waals surface area contributed by atoms with Gasteiger partial charge in [-0.1, -0.05) is 13.3 Å². The summed E-state index contributed by atoms with van der Waals surface area (Å²) in [6.07, 6.45) is 3.91. The van der Waals surface area contributed by atoms with Crippen molar-refractivity contribution in [3.05, 3.63) is 23.0 Å². The molecule has 0 spiro atoms. The van der Waals surface area contributed by atoms with E-state index in [1.54, 1.807) is 7.11 Å². The van der Waals surface area contributed by atoms with Gasteiger partial charge in [-0.3, -0.25) is 4.98 Å². The Kier molecular flexibility index (Phi) is 4.74. The Morgan fingerprint density at radius 2 is 2.12 bits per heavy atom. The summed E-state index contributed by atoms with van der Waals surface area (Å²) < 4.78 is 5.39. The Labute approximate surface area is 98.0 Å². The highest BCUT2D eigenvalue weighted by Gasteiger charge is 2.13. The van der Waals surface area contributed by atoms with Gasteiger partial charge in [0.15, 0.2) is 0 Å². The Morgan fingerprint density at radius 3 is 2.62 bits per heavy atom. The number of pyridine rings is 1. The number of hydrogen-bond acceptors (Lipinski definition) is 3. The van der Waals surface area contributed by atoms with Crippen LogP contribution < -0.4 is 10.5 Å². The number of ether oxygens (including phenoxy) is 1. The third kappa shape index (κ3) is 2.73. The number of nitrogens with two attached hydrogens (primary N) is 1. The van der Waals surface area contributed by atoms with Crippen molar-refractivity contribution in [2.75, 3.05) is 13.7 Å². The van der Waals surface area contributed by atoms with Crippen molar-refractivity contribution in [1.82, 2.24) is 4.98 Å². The van der Waals surface area contributed by atoms with Crippen molar-refractivity contribution in [1.29, 1.82) is 0 Å². The maximum Gasteiger partial charge on any atom is 0.128 e. The summed E-state index contributed by atoms with van der Waals surface area (Å²) in [4.78, 5) is 4.49. The number of rotatable bonds is 5. The largest absolute Gasteiger partial charge is 0.496 e. The third-order valence-corrected chi connectivity index (χ3v) is 3.14. The fourth-order valence-electron chi connectivity index (χ4n) is 1.94. The number of nitrogens with zero attached hydrogens (tertiary/aromatic N) is 1. The van der Waals surface area contributed by atoms with Crippen molar-refractivity contribution >= 4 is 0 Å². The molecule has 2 N–H and O–H groups in total. The molecule has 0 fully saturated rings. The van der Waals surface area contributed by atoms with Gasteiger partial charge in [-0.15, -0.1) is 0 Å². The highest BCUT2D eigenvalue weighted by molar-refractivity contribution is 5.41. The van der Waals surface area contributed by atoms with Crippen LogP contribution in [-0.2, 0) is 6.42 Å². The SMILES string of the molecule is CCC(CN)Cc1ncc(C)c(OC)c1C. The van der Waals surface area contributed by atoms with Gasteiger partial charge in [0.05, 0.1) is 7.11 Å². The van der Waals surface area contributed by atoms with Crippen molar-refractivity contribution in [3.63, 3.8) is 0 Å². The summed E-state index contributed by atoms with van der Waals surface area (Å²) >= 11 is 0. The van der Waals surface area contributed by atoms with E-state index in [9.17, 15) is 0 Å². The summed E-state index contributed by atoms with van der Waals surface area (Å²) in [5.74, 6) is 1.47. The van der Waals surface area contributed by atoms with Gasteiger partial charge in [-0.2, -0.15) is 0 Å². The van der Waals surface area contributed by atoms with Crippen LogP contribution >= 0.6 is 0 Å². The molecule has 1 aromatic heterocycles. The van der Waals surface area contributed by atoms with Gasteiger partial charge in [-0.25, -0.2) is 0 Å². The van der Waals surface area contributed by atoms with E-state index in [4.69, 9.17) is 10.5 Å². The Morgan fingerprint density at radius 1 is 1.44 bits per heavy atom. The van der Waals surface area contributed by atoms with Crippen LogP contribution in [0.1, 0.15) is 30.2 Å². The van der Waals surface area contributed by atoms with E-state index in [2.05, 4.69) is 18.8 Å². The van der Waals surface area contributed by atoms with Crippen LogP contribution in [0.25, 0.3) is 0 Å². The topological polar surface area (TPSA) is 48.1 Å². The molecule has 0 saturated heterocycles. The molecule has 0 saturated carbocycles. The van der Waals surface area contributed by atoms with Crippen molar-refractivity contribution in [2.24, 2.45) is 11.7 Å². The smallest absolute Gasteiger partial charge is 0.128 e. The highest BCUT2D eigenvalue weighted by atomic mass is 16.5. The third-order valence-electron chi connectivity index (χ3n) is 3.14. The van der Waals surface area contributed by atoms with E-state index in [0.717, 1.165) is 35.4 Å². The minimum absolute atomic E-state index is 0.513. The summed E-state index contributed by atoms with van der Waals surface area (Å²) in [6.45, 7) is 6.96. The van der Waals surface area contributed by atoms with Crippen molar-refractivity contribution in [2.45, 2.75) is 33.6 Å². The molecular formula is C13H22N2O. The van der Waals surface area contributed by atoms with Gasteiger partial charge in [0.1, 0.15) is 5.75 Å². The van der Waals surface area contributed by atoms with E-state index in [-0.39, 0.29) is 0 Å². The standard InChI is InChI=1S/C13H22N2O/c1-5-11(7-14)6-12-10(3)13(16-4)9(2)8-15-12/h8,11H,5-7,14H2,1-4H3. The van der Waals surface area contributed by atoms with Crippen LogP contribution in [0.3, 0.4) is 0 Å². The molecule has 1 unspecified atom stereocenters. The molecule has 1 aromatic rings. The monoisotopic (exact) mass is 222 g/mol. The van der Waals surface area contributed by atoms with E-state index in [1.165, 1.54) is 0 Å². The first-order chi connectivity index (χ1) is 7.63. The first-order valence-electron chi connectivity index (χ1n) is 5.83. The number of methoxy groups -OCH3 is 1. The molecule has 90 valence electrons. The lowest BCUT2D eigenvalue weighted by molar-refractivity contribution is 0.405. The molecule has 1 heterocycles. The minimum Gasteiger partial charge on any atom is -0.496 e. The molecule has 0 aliphatic rings. The first kappa shape index (κ1) is 13.0. The van der Waals surface area contributed by atoms with Crippen LogP contribution in [0.4, 0.5) is 0 Å². The quantitative estimate of drug-likeness (QED) is 0.831. The zero-order valence-corrected chi connectivity index (χ0v) is 10.7. The van der Waals surface area contributed by atoms with Crippen molar-refractivity contribution < 1.29 is 4.74 Å². The Balaban J connectivity index is 2.97. The number of hydrogen-bond donors (Lipinski definition) is 1. The van der Waals surface area contributed by atoms with Crippen LogP contribution in [0.15, 0.2) is 6.20 Å². The number of aryl methyl sites for hydroxylation is 1. The fourth-order valence-corrected chi connectivity index (χ4v) is 1.94. The maximum atomic E-state index is 5.72. The van der Waals surface area contributed by atoms with Gasteiger partial charge in [0.25, 0.3) is 0 Å². The summed E-state index contributed by atoms with van der Waals surface area (Å²) in [6, 6.07) is 0. The lowest BCUT2D eigenvalue weighted by atomic mass is 9.97. The second-order valence-electron chi connectivity index (χ2n) is 4.26. The molecule has 1 atom stereocenters. The molecule has 0 aliphatic carbocycles. The average Bonchev–Trinajstić information content (AvgIpc) is 2.29. The first-order valence-corrected chi connectivity index (χ1v) is 5.83. The van der Waals surface area contributed by atoms with E-state index in [0.29, 0.717) is 12.5 Å². The molecule has 0 amide bonds. The lowest BCUT2D eigenvalue weighted by Crippen LogP contribution is -2.17. The zero-order valence-electron chi connectivity index (χ0n) is 10.7. The number of aromatic nitrogens is 1. The lowest BCUT2D eigenvalue weighted by Gasteiger charge is -2.16. The van der Waals surface area contributed by atoms with Gasteiger partial charge in [0, 0.05) is 23.0 Å². The molecular weight excluding hydrogens is 200 g/mol. The zero-order chi connectivity index (χ0) is 12.1. The van der Waals surface area contributed by atoms with Gasteiger partial charge in [0.2, 0.25) is 0 Å². The second kappa shape index (κ2) is 5.85. The Hall–Kier alpha value is -1.09. The second-order valence-corrected chi connectivity index (χ2v) is 4.26. The normalized spacial score (nSPS) is 12.6. The van der Waals surface area contributed by atoms with E-state index < -0.39 is 0 Å². The summed E-state index contributed by atoms with van der Waals surface area (Å²) in [5, 5.41) is 0. The molecule has 3 nitrogen and oxygen atoms in total. The molecule has 0 bridgehead atoms. The highest BCUT2D eigenvalue weighted by Crippen LogP contribution is 2.25. The van der Waals surface area contributed by atoms with Crippen LogP contribution in [0.2, 0.25) is 0 Å². The predicted molar refractivity (Wildman–Crippen MR) is 66.8 cm³/mol. The predicted octanol–water partition coefficient (Wildman–Crippen LogP) is 2.23. The van der Waals surface area contributed by atoms with Crippen LogP contribution in [0, 0.1) is 19.8 Å². The van der Waals surface area contributed by atoms with Gasteiger partial charge < -0.3 is 10.5 Å². The molecule has 0 radical (unpaired) electrons. The van der Waals surface area contributed by atoms with E-state index in [1.807, 2.05) is 13.1 Å². The van der Waals surface area contributed by atoms with E-state index >= 15 is 0 Å². The van der Waals surface area contributed by atoms with Crippen molar-refractivity contribution in [3.8, 4) is 5.75 Å².